The number of rotatable bonds is 3. The van der Waals surface area contributed by atoms with Crippen LogP contribution in [0, 0.1) is 0 Å². The predicted octanol–water partition coefficient (Wildman–Crippen LogP) is 3.95. The van der Waals surface area contributed by atoms with Crippen molar-refractivity contribution in [3.63, 3.8) is 0 Å². The lowest BCUT2D eigenvalue weighted by molar-refractivity contribution is -0.139. The molecule has 156 valence electrons. The van der Waals surface area contributed by atoms with Crippen molar-refractivity contribution < 1.29 is 27.6 Å². The first-order chi connectivity index (χ1) is 14.2. The van der Waals surface area contributed by atoms with Gasteiger partial charge in [0.2, 0.25) is 11.8 Å². The molecule has 0 aromatic heterocycles. The van der Waals surface area contributed by atoms with Crippen LogP contribution in [0.25, 0.3) is 0 Å². The molecular formula is C22H19F3N2O3. The van der Waals surface area contributed by atoms with E-state index in [1.54, 1.807) is 24.3 Å². The van der Waals surface area contributed by atoms with E-state index >= 15 is 0 Å². The smallest absolute Gasteiger partial charge is 0.308 e. The molecule has 0 aliphatic carbocycles. The Balaban J connectivity index is 1.53. The largest absolute Gasteiger partial charge is 0.416 e. The van der Waals surface area contributed by atoms with Crippen LogP contribution in [0.4, 0.5) is 18.9 Å². The van der Waals surface area contributed by atoms with Crippen molar-refractivity contribution >= 4 is 23.4 Å². The van der Waals surface area contributed by atoms with Crippen molar-refractivity contribution in [2.24, 2.45) is 0 Å². The normalized spacial score (nSPS) is 16.8. The lowest BCUT2D eigenvalue weighted by Gasteiger charge is -2.30. The van der Waals surface area contributed by atoms with Gasteiger partial charge in [0.25, 0.3) is 5.91 Å². The van der Waals surface area contributed by atoms with E-state index in [0.717, 1.165) is 17.7 Å². The fraction of sp³-hybridized carbons (Fsp3) is 0.318. The number of fused-ring (bicyclic) bond motifs is 1. The van der Waals surface area contributed by atoms with Gasteiger partial charge < -0.3 is 4.90 Å². The van der Waals surface area contributed by atoms with Crippen molar-refractivity contribution in [1.29, 1.82) is 0 Å². The summed E-state index contributed by atoms with van der Waals surface area (Å²) in [4.78, 5) is 39.2. The molecule has 5 nitrogen and oxygen atoms in total. The van der Waals surface area contributed by atoms with Crippen LogP contribution < -0.4 is 4.90 Å². The van der Waals surface area contributed by atoms with Gasteiger partial charge in [0.05, 0.1) is 12.1 Å². The third-order valence-corrected chi connectivity index (χ3v) is 5.47. The van der Waals surface area contributed by atoms with E-state index in [1.807, 2.05) is 0 Å². The Morgan fingerprint density at radius 2 is 1.60 bits per heavy atom. The maximum Gasteiger partial charge on any atom is 0.416 e. The molecule has 0 saturated carbocycles. The molecule has 0 atom stereocenters. The number of aryl methyl sites for hydroxylation is 1. The monoisotopic (exact) mass is 416 g/mol. The Bertz CT molecular complexity index is 999. The summed E-state index contributed by atoms with van der Waals surface area (Å²) in [6, 6.07) is 10.1. The van der Waals surface area contributed by atoms with E-state index in [1.165, 1.54) is 15.9 Å². The molecule has 2 aliphatic heterocycles. The summed E-state index contributed by atoms with van der Waals surface area (Å²) < 4.78 is 39.0. The van der Waals surface area contributed by atoms with Gasteiger partial charge in [0.1, 0.15) is 0 Å². The minimum absolute atomic E-state index is 0.166. The van der Waals surface area contributed by atoms with Gasteiger partial charge in [0.15, 0.2) is 0 Å². The van der Waals surface area contributed by atoms with Crippen molar-refractivity contribution in [2.75, 3.05) is 11.4 Å². The summed E-state index contributed by atoms with van der Waals surface area (Å²) in [5.41, 5.74) is 1.41. The second-order valence-corrected chi connectivity index (χ2v) is 7.47. The first-order valence-electron chi connectivity index (χ1n) is 9.68. The van der Waals surface area contributed by atoms with Gasteiger partial charge in [-0.05, 0) is 54.3 Å². The first-order valence-corrected chi connectivity index (χ1v) is 9.68. The lowest BCUT2D eigenvalue weighted by atomic mass is 9.98. The van der Waals surface area contributed by atoms with E-state index in [4.69, 9.17) is 0 Å². The highest BCUT2D eigenvalue weighted by molar-refractivity contribution is 6.07. The van der Waals surface area contributed by atoms with E-state index in [-0.39, 0.29) is 37.1 Å². The second-order valence-electron chi connectivity index (χ2n) is 7.47. The highest BCUT2D eigenvalue weighted by atomic mass is 19.4. The standard InChI is InChI=1S/C22H19F3N2O3/c23-22(24,25)17-7-8-18-16(12-17)2-1-11-26(18)21(30)15-5-3-14(4-6-15)13-27-19(28)9-10-20(27)29/h3-8,12H,1-2,9-11,13H2. The number of hydrogen-bond donors (Lipinski definition) is 0. The molecule has 0 spiro atoms. The Morgan fingerprint density at radius 1 is 0.933 bits per heavy atom. The number of carbonyl (C=O) groups is 3. The number of anilines is 1. The number of amides is 3. The van der Waals surface area contributed by atoms with E-state index in [9.17, 15) is 27.6 Å². The van der Waals surface area contributed by atoms with Gasteiger partial charge in [0, 0.05) is 30.6 Å². The Kier molecular flexibility index (Phi) is 5.09. The number of imide groups is 1. The molecule has 8 heteroatoms. The molecule has 4 rings (SSSR count). The molecule has 0 N–H and O–H groups in total. The van der Waals surface area contributed by atoms with Crippen molar-refractivity contribution in [3.05, 3.63) is 64.7 Å². The minimum Gasteiger partial charge on any atom is -0.308 e. The van der Waals surface area contributed by atoms with Crippen LogP contribution in [0.15, 0.2) is 42.5 Å². The molecule has 2 aliphatic rings. The number of carbonyl (C=O) groups excluding carboxylic acids is 3. The maximum atomic E-state index is 13.0. The average molecular weight is 416 g/mol. The molecule has 1 saturated heterocycles. The zero-order valence-corrected chi connectivity index (χ0v) is 16.0. The summed E-state index contributed by atoms with van der Waals surface area (Å²) in [5, 5.41) is 0. The van der Waals surface area contributed by atoms with E-state index in [0.29, 0.717) is 36.2 Å². The number of alkyl halides is 3. The minimum atomic E-state index is -4.42. The molecule has 0 radical (unpaired) electrons. The topological polar surface area (TPSA) is 57.7 Å². The van der Waals surface area contributed by atoms with Gasteiger partial charge in [-0.2, -0.15) is 13.2 Å². The van der Waals surface area contributed by atoms with Crippen molar-refractivity contribution in [3.8, 4) is 0 Å². The zero-order valence-electron chi connectivity index (χ0n) is 16.0. The van der Waals surface area contributed by atoms with Gasteiger partial charge in [-0.3, -0.25) is 19.3 Å². The highest BCUT2D eigenvalue weighted by Gasteiger charge is 2.33. The van der Waals surface area contributed by atoms with Gasteiger partial charge >= 0.3 is 6.18 Å². The Labute approximate surface area is 171 Å². The molecule has 1 fully saturated rings. The summed E-state index contributed by atoms with van der Waals surface area (Å²) in [6.45, 7) is 0.592. The van der Waals surface area contributed by atoms with E-state index < -0.39 is 11.7 Å². The van der Waals surface area contributed by atoms with Gasteiger partial charge in [-0.15, -0.1) is 0 Å². The summed E-state index contributed by atoms with van der Waals surface area (Å²) in [5.74, 6) is -0.706. The number of nitrogens with zero attached hydrogens (tertiary/aromatic N) is 2. The Morgan fingerprint density at radius 3 is 2.23 bits per heavy atom. The summed E-state index contributed by atoms with van der Waals surface area (Å²) in [6.07, 6.45) is -2.91. The van der Waals surface area contributed by atoms with Crippen molar-refractivity contribution in [2.45, 2.75) is 38.4 Å². The van der Waals surface area contributed by atoms with Crippen LogP contribution in [-0.2, 0) is 28.7 Å². The summed E-state index contributed by atoms with van der Waals surface area (Å²) in [7, 11) is 0. The van der Waals surface area contributed by atoms with Crippen LogP contribution in [0.5, 0.6) is 0 Å². The molecule has 2 heterocycles. The molecular weight excluding hydrogens is 397 g/mol. The number of hydrogen-bond acceptors (Lipinski definition) is 3. The molecule has 0 bridgehead atoms. The zero-order chi connectivity index (χ0) is 21.5. The molecule has 2 aromatic carbocycles. The molecule has 0 unspecified atom stereocenters. The average Bonchev–Trinajstić information content (AvgIpc) is 3.04. The fourth-order valence-electron chi connectivity index (χ4n) is 3.87. The second kappa shape index (κ2) is 7.59. The summed E-state index contributed by atoms with van der Waals surface area (Å²) >= 11 is 0. The Hall–Kier alpha value is -3.16. The third-order valence-electron chi connectivity index (χ3n) is 5.47. The number of halogens is 3. The quantitative estimate of drug-likeness (QED) is 0.712. The maximum absolute atomic E-state index is 13.0. The van der Waals surface area contributed by atoms with Crippen LogP contribution >= 0.6 is 0 Å². The van der Waals surface area contributed by atoms with Gasteiger partial charge in [-0.25, -0.2) is 0 Å². The SMILES string of the molecule is O=C1CCC(=O)N1Cc1ccc(C(=O)N2CCCc3cc(C(F)(F)F)ccc32)cc1. The highest BCUT2D eigenvalue weighted by Crippen LogP contribution is 2.35. The third kappa shape index (κ3) is 3.81. The fourth-order valence-corrected chi connectivity index (χ4v) is 3.87. The lowest BCUT2D eigenvalue weighted by Crippen LogP contribution is -2.35. The number of likely N-dealkylation sites (tertiary alicyclic amines) is 1. The van der Waals surface area contributed by atoms with Gasteiger partial charge in [-0.1, -0.05) is 12.1 Å². The van der Waals surface area contributed by atoms with E-state index in [2.05, 4.69) is 0 Å². The van der Waals surface area contributed by atoms with Crippen LogP contribution in [0.2, 0.25) is 0 Å². The van der Waals surface area contributed by atoms with Crippen molar-refractivity contribution in [1.82, 2.24) is 4.90 Å². The van der Waals surface area contributed by atoms with Crippen LogP contribution in [0.1, 0.15) is 46.3 Å². The molecule has 30 heavy (non-hydrogen) atoms. The molecule has 2 aromatic rings. The predicted molar refractivity (Wildman–Crippen MR) is 103 cm³/mol. The molecule has 3 amide bonds. The number of benzene rings is 2. The first kappa shape index (κ1) is 20.1. The van der Waals surface area contributed by atoms with Crippen LogP contribution in [0.3, 0.4) is 0 Å². The van der Waals surface area contributed by atoms with Crippen LogP contribution in [-0.4, -0.2) is 29.2 Å².